The Kier molecular flexibility index (Phi) is 6.23. The molecule has 160 valence electrons. The Labute approximate surface area is 191 Å². The first-order valence-electron chi connectivity index (χ1n) is 11.1. The molecule has 0 amide bonds. The van der Waals surface area contributed by atoms with Crippen LogP contribution in [0.3, 0.4) is 0 Å². The predicted octanol–water partition coefficient (Wildman–Crippen LogP) is 6.84. The molecule has 0 N–H and O–H groups in total. The zero-order valence-electron chi connectivity index (χ0n) is 19.6. The third-order valence-electron chi connectivity index (χ3n) is 5.98. The van der Waals surface area contributed by atoms with Crippen molar-refractivity contribution in [3.63, 3.8) is 0 Å². The van der Waals surface area contributed by atoms with Gasteiger partial charge >= 0.3 is 0 Å². The van der Waals surface area contributed by atoms with E-state index < -0.39 is 0 Å². The Morgan fingerprint density at radius 3 is 2.53 bits per heavy atom. The van der Waals surface area contributed by atoms with Gasteiger partial charge in [-0.15, -0.1) is 0 Å². The molecule has 0 spiro atoms. The molecular weight excluding hydrogens is 388 g/mol. The molecule has 3 aromatic rings. The minimum Gasteiger partial charge on any atom is -0.344 e. The van der Waals surface area contributed by atoms with Gasteiger partial charge in [-0.25, -0.2) is 0 Å². The van der Waals surface area contributed by atoms with E-state index >= 15 is 0 Å². The smallest absolute Gasteiger partial charge is 0.212 e. The lowest BCUT2D eigenvalue weighted by Crippen LogP contribution is -2.32. The van der Waals surface area contributed by atoms with Crippen molar-refractivity contribution in [2.24, 2.45) is 7.05 Å². The van der Waals surface area contributed by atoms with E-state index in [1.54, 1.807) is 0 Å². The molecule has 2 heteroatoms. The summed E-state index contributed by atoms with van der Waals surface area (Å²) in [5.41, 5.74) is 9.89. The first-order valence-corrected chi connectivity index (χ1v) is 11.1. The highest BCUT2D eigenvalue weighted by atomic mass is 15.1. The second kappa shape index (κ2) is 9.23. The molecule has 0 fully saturated rings. The standard InChI is InChI=1S/C30H31N2/c1-22(8-6-10-27-16-14-25-20-23(2)12-18-29(25)31(27)4)9-7-11-28-17-15-26-21-24(3)13-19-30(26)32(28)5/h6-21H,1-5H3/q+1. The minimum atomic E-state index is 1.18. The van der Waals surface area contributed by atoms with Crippen LogP contribution in [0.2, 0.25) is 0 Å². The normalized spacial score (nSPS) is 15.5. The van der Waals surface area contributed by atoms with Crippen LogP contribution in [0.25, 0.3) is 23.1 Å². The zero-order chi connectivity index (χ0) is 22.7. The number of pyridine rings is 1. The summed E-state index contributed by atoms with van der Waals surface area (Å²) in [6.07, 6.45) is 17.2. The fraction of sp³-hybridized carbons (Fsp3) is 0.167. The first-order chi connectivity index (χ1) is 15.4. The summed E-state index contributed by atoms with van der Waals surface area (Å²) < 4.78 is 2.24. The molecule has 0 aliphatic carbocycles. The third-order valence-corrected chi connectivity index (χ3v) is 5.98. The molecule has 1 aromatic heterocycles. The SMILES string of the molecule is CC(/C=C/C=C1\C=Cc2cc(C)ccc2N1C)=C\C=C\c1ccc2cc(C)ccc2[n+]1C. The highest BCUT2D eigenvalue weighted by Crippen LogP contribution is 2.30. The molecule has 32 heavy (non-hydrogen) atoms. The van der Waals surface area contributed by atoms with Gasteiger partial charge in [0.25, 0.3) is 0 Å². The van der Waals surface area contributed by atoms with Gasteiger partial charge in [0.15, 0.2) is 0 Å². The lowest BCUT2D eigenvalue weighted by atomic mass is 10.0. The maximum absolute atomic E-state index is 2.24. The number of hydrogen-bond donors (Lipinski definition) is 0. The van der Waals surface area contributed by atoms with Crippen molar-refractivity contribution in [2.45, 2.75) is 20.8 Å². The third kappa shape index (κ3) is 4.65. The number of aryl methyl sites for hydroxylation is 3. The Hall–Kier alpha value is -3.65. The zero-order valence-corrected chi connectivity index (χ0v) is 19.6. The maximum atomic E-state index is 2.24. The van der Waals surface area contributed by atoms with Crippen LogP contribution in [-0.2, 0) is 7.05 Å². The van der Waals surface area contributed by atoms with Crippen LogP contribution < -0.4 is 9.47 Å². The Morgan fingerprint density at radius 1 is 0.906 bits per heavy atom. The van der Waals surface area contributed by atoms with Crippen LogP contribution in [0.1, 0.15) is 29.3 Å². The van der Waals surface area contributed by atoms with Crippen LogP contribution in [0.15, 0.2) is 96.3 Å². The fourth-order valence-electron chi connectivity index (χ4n) is 4.07. The van der Waals surface area contributed by atoms with Crippen molar-refractivity contribution >= 4 is 28.7 Å². The van der Waals surface area contributed by atoms with E-state index in [9.17, 15) is 0 Å². The number of hydrogen-bond acceptors (Lipinski definition) is 1. The molecule has 0 radical (unpaired) electrons. The van der Waals surface area contributed by atoms with Crippen LogP contribution in [0.5, 0.6) is 0 Å². The van der Waals surface area contributed by atoms with E-state index in [0.29, 0.717) is 0 Å². The summed E-state index contributed by atoms with van der Waals surface area (Å²) in [6, 6.07) is 17.5. The number of anilines is 1. The van der Waals surface area contributed by atoms with Gasteiger partial charge in [0.2, 0.25) is 11.2 Å². The Morgan fingerprint density at radius 2 is 1.69 bits per heavy atom. The van der Waals surface area contributed by atoms with E-state index in [2.05, 4.69) is 141 Å². The second-order valence-corrected chi connectivity index (χ2v) is 8.55. The highest BCUT2D eigenvalue weighted by Gasteiger charge is 2.12. The van der Waals surface area contributed by atoms with Crippen LogP contribution >= 0.6 is 0 Å². The van der Waals surface area contributed by atoms with E-state index in [-0.39, 0.29) is 0 Å². The van der Waals surface area contributed by atoms with Gasteiger partial charge in [0, 0.05) is 42.0 Å². The summed E-state index contributed by atoms with van der Waals surface area (Å²) in [4.78, 5) is 2.24. The summed E-state index contributed by atoms with van der Waals surface area (Å²) >= 11 is 0. The van der Waals surface area contributed by atoms with E-state index in [0.717, 1.165) is 0 Å². The number of aromatic nitrogens is 1. The van der Waals surface area contributed by atoms with Crippen molar-refractivity contribution < 1.29 is 4.57 Å². The van der Waals surface area contributed by atoms with Crippen molar-refractivity contribution in [2.75, 3.05) is 11.9 Å². The second-order valence-electron chi connectivity index (χ2n) is 8.55. The molecule has 1 aliphatic heterocycles. The minimum absolute atomic E-state index is 1.18. The van der Waals surface area contributed by atoms with Crippen molar-refractivity contribution in [1.29, 1.82) is 0 Å². The van der Waals surface area contributed by atoms with Gasteiger partial charge in [-0.3, -0.25) is 0 Å². The quantitative estimate of drug-likeness (QED) is 0.331. The topological polar surface area (TPSA) is 7.12 Å². The molecule has 0 saturated heterocycles. The molecule has 2 heterocycles. The number of benzene rings is 2. The fourth-order valence-corrected chi connectivity index (χ4v) is 4.07. The predicted molar refractivity (Wildman–Crippen MR) is 138 cm³/mol. The van der Waals surface area contributed by atoms with Gasteiger partial charge < -0.3 is 4.90 Å². The Balaban J connectivity index is 1.46. The number of likely N-dealkylation sites (N-methyl/N-ethyl adjacent to an activating group) is 1. The largest absolute Gasteiger partial charge is 0.344 e. The molecule has 1 aliphatic rings. The van der Waals surface area contributed by atoms with Gasteiger partial charge in [-0.1, -0.05) is 59.2 Å². The molecule has 2 aromatic carbocycles. The van der Waals surface area contributed by atoms with Crippen molar-refractivity contribution in [1.82, 2.24) is 0 Å². The summed E-state index contributed by atoms with van der Waals surface area (Å²) in [5, 5.41) is 1.27. The lowest BCUT2D eigenvalue weighted by molar-refractivity contribution is -0.646. The van der Waals surface area contributed by atoms with Crippen LogP contribution in [0, 0.1) is 13.8 Å². The molecular formula is C30H31N2+. The van der Waals surface area contributed by atoms with Crippen LogP contribution in [-0.4, -0.2) is 7.05 Å². The molecule has 0 atom stereocenters. The van der Waals surface area contributed by atoms with Crippen LogP contribution in [0.4, 0.5) is 5.69 Å². The summed E-state index contributed by atoms with van der Waals surface area (Å²) in [7, 11) is 4.24. The molecule has 0 unspecified atom stereocenters. The highest BCUT2D eigenvalue weighted by molar-refractivity contribution is 5.77. The number of nitrogens with zero attached hydrogens (tertiary/aromatic N) is 2. The summed E-state index contributed by atoms with van der Waals surface area (Å²) in [5.74, 6) is 0. The van der Waals surface area contributed by atoms with E-state index in [1.807, 2.05) is 0 Å². The molecule has 0 bridgehead atoms. The number of allylic oxidation sites excluding steroid dienone is 7. The van der Waals surface area contributed by atoms with Gasteiger partial charge in [-0.05, 0) is 62.8 Å². The lowest BCUT2D eigenvalue weighted by Gasteiger charge is -2.26. The van der Waals surface area contributed by atoms with E-state index in [4.69, 9.17) is 0 Å². The monoisotopic (exact) mass is 419 g/mol. The molecule has 2 nitrogen and oxygen atoms in total. The van der Waals surface area contributed by atoms with Gasteiger partial charge in [-0.2, -0.15) is 4.57 Å². The average Bonchev–Trinajstić information content (AvgIpc) is 2.77. The molecule has 4 rings (SSSR count). The molecule has 0 saturated carbocycles. The van der Waals surface area contributed by atoms with Gasteiger partial charge in [0.1, 0.15) is 7.05 Å². The average molecular weight is 420 g/mol. The van der Waals surface area contributed by atoms with Gasteiger partial charge in [0.05, 0.1) is 0 Å². The maximum Gasteiger partial charge on any atom is 0.212 e. The van der Waals surface area contributed by atoms with E-state index in [1.165, 1.54) is 50.2 Å². The number of rotatable bonds is 4. The number of fused-ring (bicyclic) bond motifs is 2. The van der Waals surface area contributed by atoms with Crippen molar-refractivity contribution in [3.8, 4) is 0 Å². The first kappa shape index (κ1) is 21.6. The Bertz CT molecular complexity index is 1320. The van der Waals surface area contributed by atoms with Crippen molar-refractivity contribution in [3.05, 3.63) is 119 Å². The summed E-state index contributed by atoms with van der Waals surface area (Å²) in [6.45, 7) is 6.39.